The molecular weight excluding hydrogens is 254 g/mol. The Labute approximate surface area is 101 Å². The summed E-state index contributed by atoms with van der Waals surface area (Å²) in [4.78, 5) is 7.77. The number of likely N-dealkylation sites (N-methyl/N-ethyl adjacent to an activating group) is 1. The van der Waals surface area contributed by atoms with Gasteiger partial charge in [-0.2, -0.15) is 8.78 Å². The second kappa shape index (κ2) is 6.60. The van der Waals surface area contributed by atoms with Crippen molar-refractivity contribution in [3.63, 3.8) is 0 Å². The predicted octanol–water partition coefficient (Wildman–Crippen LogP) is 1.65. The van der Waals surface area contributed by atoms with Gasteiger partial charge in [-0.1, -0.05) is 0 Å². The van der Waals surface area contributed by atoms with Gasteiger partial charge >= 0.3 is 12.3 Å². The summed E-state index contributed by atoms with van der Waals surface area (Å²) >= 11 is 0. The topological polar surface area (TPSA) is 47.0 Å². The molecule has 18 heavy (non-hydrogen) atoms. The van der Waals surface area contributed by atoms with Gasteiger partial charge in [0.1, 0.15) is 6.61 Å². The van der Waals surface area contributed by atoms with Gasteiger partial charge in [0.15, 0.2) is 0 Å². The Morgan fingerprint density at radius 1 is 1.39 bits per heavy atom. The van der Waals surface area contributed by atoms with E-state index in [9.17, 15) is 17.6 Å². The second-order valence-electron chi connectivity index (χ2n) is 3.55. The van der Waals surface area contributed by atoms with E-state index < -0.39 is 25.0 Å². The number of alkyl halides is 4. The molecule has 102 valence electrons. The number of hydrogen-bond acceptors (Lipinski definition) is 4. The number of ether oxygens (including phenoxy) is 1. The van der Waals surface area contributed by atoms with Gasteiger partial charge in [0.05, 0.1) is 24.5 Å². The highest BCUT2D eigenvalue weighted by Gasteiger charge is 2.41. The smallest absolute Gasteiger partial charge is 0.330 e. The van der Waals surface area contributed by atoms with E-state index in [1.807, 2.05) is 0 Å². The fraction of sp³-hybridized carbons (Fsp3) is 0.600. The molecule has 1 atom stereocenters. The Hall–Kier alpha value is -1.28. The van der Waals surface area contributed by atoms with Crippen molar-refractivity contribution >= 4 is 0 Å². The molecule has 4 nitrogen and oxygen atoms in total. The zero-order valence-corrected chi connectivity index (χ0v) is 9.62. The van der Waals surface area contributed by atoms with Crippen LogP contribution in [-0.2, 0) is 4.74 Å². The molecule has 0 bridgehead atoms. The summed E-state index contributed by atoms with van der Waals surface area (Å²) in [5.41, 5.74) is 0.486. The first-order valence-electron chi connectivity index (χ1n) is 5.14. The van der Waals surface area contributed by atoms with Crippen molar-refractivity contribution in [1.29, 1.82) is 0 Å². The first-order valence-corrected chi connectivity index (χ1v) is 5.14. The summed E-state index contributed by atoms with van der Waals surface area (Å²) in [6.45, 7) is -1.53. The van der Waals surface area contributed by atoms with Crippen molar-refractivity contribution in [2.75, 3.05) is 20.3 Å². The Kier molecular flexibility index (Phi) is 5.42. The van der Waals surface area contributed by atoms with Crippen LogP contribution in [0.15, 0.2) is 18.6 Å². The molecule has 1 heterocycles. The van der Waals surface area contributed by atoms with E-state index in [2.05, 4.69) is 20.0 Å². The van der Waals surface area contributed by atoms with Crippen LogP contribution < -0.4 is 5.32 Å². The number of rotatable bonds is 7. The Morgan fingerprint density at radius 2 is 2.11 bits per heavy atom. The summed E-state index contributed by atoms with van der Waals surface area (Å²) < 4.78 is 53.5. The van der Waals surface area contributed by atoms with Crippen LogP contribution in [0.3, 0.4) is 0 Å². The van der Waals surface area contributed by atoms with Crippen molar-refractivity contribution in [2.24, 2.45) is 0 Å². The quantitative estimate of drug-likeness (QED) is 0.763. The number of nitrogens with one attached hydrogen (secondary N) is 1. The molecule has 0 aliphatic heterocycles. The molecule has 0 spiro atoms. The lowest BCUT2D eigenvalue weighted by molar-refractivity contribution is -0.167. The van der Waals surface area contributed by atoms with E-state index in [0.29, 0.717) is 5.69 Å². The van der Waals surface area contributed by atoms with Gasteiger partial charge in [-0.3, -0.25) is 9.97 Å². The standard InChI is InChI=1S/C10H13F4N3O/c1-15-8(7-4-16-2-3-17-7)5-18-6-10(13,14)9(11)12/h2-4,8-9,15H,5-6H2,1H3. The number of halogens is 4. The fourth-order valence-electron chi connectivity index (χ4n) is 1.18. The van der Waals surface area contributed by atoms with E-state index in [1.165, 1.54) is 18.6 Å². The van der Waals surface area contributed by atoms with E-state index in [1.54, 1.807) is 7.05 Å². The molecule has 0 aromatic carbocycles. The molecule has 0 saturated heterocycles. The molecule has 1 aromatic heterocycles. The molecule has 0 radical (unpaired) electrons. The van der Waals surface area contributed by atoms with Crippen molar-refractivity contribution in [3.05, 3.63) is 24.3 Å². The normalized spacial score (nSPS) is 13.9. The molecule has 1 aromatic rings. The maximum absolute atomic E-state index is 12.6. The Morgan fingerprint density at radius 3 is 2.61 bits per heavy atom. The summed E-state index contributed by atoms with van der Waals surface area (Å²) in [6.07, 6.45) is 0.604. The van der Waals surface area contributed by atoms with Crippen LogP contribution in [0.1, 0.15) is 11.7 Å². The Balaban J connectivity index is 2.47. The minimum absolute atomic E-state index is 0.197. The van der Waals surface area contributed by atoms with Gasteiger partial charge in [0.2, 0.25) is 0 Å². The minimum atomic E-state index is -4.14. The highest BCUT2D eigenvalue weighted by atomic mass is 19.3. The van der Waals surface area contributed by atoms with Crippen LogP contribution in [0, 0.1) is 0 Å². The van der Waals surface area contributed by atoms with E-state index >= 15 is 0 Å². The second-order valence-corrected chi connectivity index (χ2v) is 3.55. The molecular formula is C10H13F4N3O. The average Bonchev–Trinajstić information content (AvgIpc) is 2.35. The summed E-state index contributed by atoms with van der Waals surface area (Å²) in [7, 11) is 1.58. The Bertz CT molecular complexity index is 350. The molecule has 1 N–H and O–H groups in total. The third-order valence-corrected chi connectivity index (χ3v) is 2.19. The molecule has 1 rings (SSSR count). The maximum atomic E-state index is 12.6. The van der Waals surface area contributed by atoms with Gasteiger partial charge in [-0.15, -0.1) is 0 Å². The van der Waals surface area contributed by atoms with Gasteiger partial charge in [-0.25, -0.2) is 8.78 Å². The molecule has 0 saturated carbocycles. The molecule has 8 heteroatoms. The first kappa shape index (κ1) is 14.8. The van der Waals surface area contributed by atoms with E-state index in [4.69, 9.17) is 0 Å². The number of nitrogens with zero attached hydrogens (tertiary/aromatic N) is 2. The maximum Gasteiger partial charge on any atom is 0.330 e. The summed E-state index contributed by atoms with van der Waals surface area (Å²) in [5, 5.41) is 2.77. The van der Waals surface area contributed by atoms with Crippen molar-refractivity contribution in [2.45, 2.75) is 18.4 Å². The predicted molar refractivity (Wildman–Crippen MR) is 55.6 cm³/mol. The largest absolute Gasteiger partial charge is 0.373 e. The lowest BCUT2D eigenvalue weighted by atomic mass is 10.2. The lowest BCUT2D eigenvalue weighted by Gasteiger charge is -2.19. The third kappa shape index (κ3) is 4.19. The van der Waals surface area contributed by atoms with Gasteiger partial charge in [-0.05, 0) is 7.05 Å². The van der Waals surface area contributed by atoms with Crippen molar-refractivity contribution < 1.29 is 22.3 Å². The van der Waals surface area contributed by atoms with Crippen LogP contribution in [0.2, 0.25) is 0 Å². The van der Waals surface area contributed by atoms with E-state index in [-0.39, 0.29) is 6.61 Å². The lowest BCUT2D eigenvalue weighted by Crippen LogP contribution is -2.34. The van der Waals surface area contributed by atoms with Crippen molar-refractivity contribution in [1.82, 2.24) is 15.3 Å². The fourth-order valence-corrected chi connectivity index (χ4v) is 1.18. The van der Waals surface area contributed by atoms with E-state index in [0.717, 1.165) is 0 Å². The zero-order valence-electron chi connectivity index (χ0n) is 9.62. The summed E-state index contributed by atoms with van der Waals surface area (Å²) in [5.74, 6) is -4.14. The summed E-state index contributed by atoms with van der Waals surface area (Å²) in [6, 6.07) is -0.479. The van der Waals surface area contributed by atoms with Crippen LogP contribution >= 0.6 is 0 Å². The van der Waals surface area contributed by atoms with Crippen LogP contribution in [0.4, 0.5) is 17.6 Å². The van der Waals surface area contributed by atoms with Crippen molar-refractivity contribution in [3.8, 4) is 0 Å². The average molecular weight is 267 g/mol. The van der Waals surface area contributed by atoms with Gasteiger partial charge in [0, 0.05) is 12.4 Å². The minimum Gasteiger partial charge on any atom is -0.373 e. The first-order chi connectivity index (χ1) is 8.47. The molecule has 0 amide bonds. The third-order valence-electron chi connectivity index (χ3n) is 2.19. The molecule has 0 aliphatic carbocycles. The molecule has 0 fully saturated rings. The molecule has 0 aliphatic rings. The zero-order chi connectivity index (χ0) is 13.6. The van der Waals surface area contributed by atoms with Crippen LogP contribution in [0.25, 0.3) is 0 Å². The highest BCUT2D eigenvalue weighted by Crippen LogP contribution is 2.23. The molecule has 1 unspecified atom stereocenters. The highest BCUT2D eigenvalue weighted by molar-refractivity contribution is 5.01. The van der Waals surface area contributed by atoms with Crippen LogP contribution in [0.5, 0.6) is 0 Å². The van der Waals surface area contributed by atoms with Crippen LogP contribution in [-0.4, -0.2) is 42.6 Å². The monoisotopic (exact) mass is 267 g/mol. The number of aromatic nitrogens is 2. The van der Waals surface area contributed by atoms with Gasteiger partial charge < -0.3 is 10.1 Å². The number of hydrogen-bond donors (Lipinski definition) is 1. The van der Waals surface area contributed by atoms with Gasteiger partial charge in [0.25, 0.3) is 0 Å². The SMILES string of the molecule is CNC(COCC(F)(F)C(F)F)c1cnccn1.